The van der Waals surface area contributed by atoms with E-state index in [1.807, 2.05) is 0 Å². The molecule has 6 heteroatoms. The number of hydrogen-bond acceptors (Lipinski definition) is 3. The Morgan fingerprint density at radius 1 is 1.53 bits per heavy atom. The Kier molecular flexibility index (Phi) is 5.72. The zero-order valence-electron chi connectivity index (χ0n) is 9.33. The quantitative estimate of drug-likeness (QED) is 0.792. The summed E-state index contributed by atoms with van der Waals surface area (Å²) in [5.41, 5.74) is 0. The van der Waals surface area contributed by atoms with Gasteiger partial charge in [0.05, 0.1) is 11.6 Å². The zero-order chi connectivity index (χ0) is 12.7. The van der Waals surface area contributed by atoms with Crippen LogP contribution in [-0.4, -0.2) is 32.8 Å². The van der Waals surface area contributed by atoms with E-state index in [1.165, 1.54) is 12.1 Å². The third-order valence-electron chi connectivity index (χ3n) is 1.89. The van der Waals surface area contributed by atoms with Gasteiger partial charge in [-0.2, -0.15) is 0 Å². The minimum atomic E-state index is -0.580. The fourth-order valence-corrected chi connectivity index (χ4v) is 1.18. The van der Waals surface area contributed by atoms with E-state index >= 15 is 0 Å². The molecule has 1 aromatic rings. The molecule has 1 N–H and O–H groups in total. The van der Waals surface area contributed by atoms with Gasteiger partial charge in [0, 0.05) is 19.7 Å². The second-order valence-corrected chi connectivity index (χ2v) is 3.61. The molecule has 0 aliphatic carbocycles. The molecule has 1 rings (SSSR count). The number of ether oxygens (including phenoxy) is 2. The van der Waals surface area contributed by atoms with Crippen LogP contribution in [-0.2, 0) is 9.53 Å². The molecule has 1 amide bonds. The average Bonchev–Trinajstić information content (AvgIpc) is 2.31. The number of benzene rings is 1. The van der Waals surface area contributed by atoms with Crippen molar-refractivity contribution >= 4 is 17.5 Å². The standard InChI is InChI=1S/C11H13ClFNO3/c1-16-5-4-14-11(15)7-17-8-2-3-9(12)10(13)6-8/h2-3,6H,4-5,7H2,1H3,(H,14,15). The normalized spacial score (nSPS) is 10.1. The van der Waals surface area contributed by atoms with Crippen molar-refractivity contribution < 1.29 is 18.7 Å². The van der Waals surface area contributed by atoms with E-state index in [0.717, 1.165) is 6.07 Å². The largest absolute Gasteiger partial charge is 0.484 e. The second kappa shape index (κ2) is 7.09. The van der Waals surface area contributed by atoms with Crippen LogP contribution >= 0.6 is 11.6 Å². The maximum Gasteiger partial charge on any atom is 0.258 e. The molecule has 0 aliphatic rings. The molecule has 0 saturated carbocycles. The highest BCUT2D eigenvalue weighted by atomic mass is 35.5. The van der Waals surface area contributed by atoms with E-state index in [2.05, 4.69) is 5.32 Å². The SMILES string of the molecule is COCCNC(=O)COc1ccc(Cl)c(F)c1. The van der Waals surface area contributed by atoms with Crippen molar-refractivity contribution in [2.75, 3.05) is 26.9 Å². The predicted molar refractivity (Wildman–Crippen MR) is 61.8 cm³/mol. The zero-order valence-corrected chi connectivity index (χ0v) is 10.1. The van der Waals surface area contributed by atoms with Crippen LogP contribution < -0.4 is 10.1 Å². The summed E-state index contributed by atoms with van der Waals surface area (Å²) >= 11 is 5.50. The third kappa shape index (κ3) is 5.01. The molecule has 0 radical (unpaired) electrons. The van der Waals surface area contributed by atoms with Gasteiger partial charge in [-0.25, -0.2) is 4.39 Å². The van der Waals surface area contributed by atoms with Gasteiger partial charge >= 0.3 is 0 Å². The molecule has 0 bridgehead atoms. The van der Waals surface area contributed by atoms with Gasteiger partial charge in [-0.1, -0.05) is 11.6 Å². The number of methoxy groups -OCH3 is 1. The molecule has 17 heavy (non-hydrogen) atoms. The van der Waals surface area contributed by atoms with Gasteiger partial charge < -0.3 is 14.8 Å². The lowest BCUT2D eigenvalue weighted by Crippen LogP contribution is -2.31. The number of hydrogen-bond donors (Lipinski definition) is 1. The Balaban J connectivity index is 2.34. The highest BCUT2D eigenvalue weighted by molar-refractivity contribution is 6.30. The number of carbonyl (C=O) groups is 1. The van der Waals surface area contributed by atoms with Crippen molar-refractivity contribution in [3.05, 3.63) is 29.0 Å². The van der Waals surface area contributed by atoms with E-state index in [-0.39, 0.29) is 23.3 Å². The van der Waals surface area contributed by atoms with E-state index in [1.54, 1.807) is 7.11 Å². The summed E-state index contributed by atoms with van der Waals surface area (Å²) < 4.78 is 22.9. The minimum absolute atomic E-state index is 0.0156. The Bertz CT molecular complexity index is 387. The van der Waals surface area contributed by atoms with Crippen LogP contribution in [0.3, 0.4) is 0 Å². The molecule has 0 aliphatic heterocycles. The molecule has 0 atom stereocenters. The molecule has 0 aromatic heterocycles. The number of halogens is 2. The Morgan fingerprint density at radius 3 is 2.94 bits per heavy atom. The predicted octanol–water partition coefficient (Wildman–Crippen LogP) is 1.62. The lowest BCUT2D eigenvalue weighted by atomic mass is 10.3. The minimum Gasteiger partial charge on any atom is -0.484 e. The molecule has 94 valence electrons. The van der Waals surface area contributed by atoms with Gasteiger partial charge in [0.25, 0.3) is 5.91 Å². The fraction of sp³-hybridized carbons (Fsp3) is 0.364. The molecule has 0 heterocycles. The topological polar surface area (TPSA) is 47.6 Å². The van der Waals surface area contributed by atoms with E-state index in [9.17, 15) is 9.18 Å². The summed E-state index contributed by atoms with van der Waals surface area (Å²) in [6.07, 6.45) is 0. The molecule has 0 unspecified atom stereocenters. The molecule has 0 fully saturated rings. The highest BCUT2D eigenvalue weighted by Gasteiger charge is 2.04. The van der Waals surface area contributed by atoms with E-state index < -0.39 is 5.82 Å². The van der Waals surface area contributed by atoms with Crippen LogP contribution in [0.25, 0.3) is 0 Å². The first-order valence-corrected chi connectivity index (χ1v) is 5.34. The fourth-order valence-electron chi connectivity index (χ4n) is 1.06. The van der Waals surface area contributed by atoms with Crippen LogP contribution in [0.5, 0.6) is 5.75 Å². The van der Waals surface area contributed by atoms with Gasteiger partial charge in [0.2, 0.25) is 0 Å². The molecule has 0 spiro atoms. The molecule has 1 aromatic carbocycles. The molecule has 4 nitrogen and oxygen atoms in total. The van der Waals surface area contributed by atoms with Crippen molar-refractivity contribution in [1.29, 1.82) is 0 Å². The van der Waals surface area contributed by atoms with Gasteiger partial charge in [-0.05, 0) is 12.1 Å². The third-order valence-corrected chi connectivity index (χ3v) is 2.20. The van der Waals surface area contributed by atoms with E-state index in [0.29, 0.717) is 13.2 Å². The summed E-state index contributed by atoms with van der Waals surface area (Å²) in [6, 6.07) is 3.99. The molecular weight excluding hydrogens is 249 g/mol. The average molecular weight is 262 g/mol. The van der Waals surface area contributed by atoms with Gasteiger partial charge in [0.15, 0.2) is 6.61 Å². The Hall–Kier alpha value is -1.33. The second-order valence-electron chi connectivity index (χ2n) is 3.21. The molecule has 0 saturated heterocycles. The van der Waals surface area contributed by atoms with Crippen molar-refractivity contribution in [2.45, 2.75) is 0 Å². The van der Waals surface area contributed by atoms with Gasteiger partial charge in [-0.3, -0.25) is 4.79 Å². The lowest BCUT2D eigenvalue weighted by Gasteiger charge is -2.07. The first-order chi connectivity index (χ1) is 8.13. The maximum absolute atomic E-state index is 13.0. The van der Waals surface area contributed by atoms with Crippen molar-refractivity contribution in [3.63, 3.8) is 0 Å². The van der Waals surface area contributed by atoms with Crippen molar-refractivity contribution in [1.82, 2.24) is 5.32 Å². The number of nitrogens with one attached hydrogen (secondary N) is 1. The summed E-state index contributed by atoms with van der Waals surface area (Å²) in [7, 11) is 1.54. The summed E-state index contributed by atoms with van der Waals surface area (Å²) in [6.45, 7) is 0.666. The number of amides is 1. The maximum atomic E-state index is 13.0. The Morgan fingerprint density at radius 2 is 2.29 bits per heavy atom. The summed E-state index contributed by atoms with van der Waals surface area (Å²) in [4.78, 5) is 11.2. The summed E-state index contributed by atoms with van der Waals surface area (Å²) in [5, 5.41) is 2.59. The van der Waals surface area contributed by atoms with E-state index in [4.69, 9.17) is 21.1 Å². The Labute approximate surface area is 104 Å². The summed E-state index contributed by atoms with van der Waals surface area (Å²) in [5.74, 6) is -0.616. The van der Waals surface area contributed by atoms with Crippen LogP contribution in [0.1, 0.15) is 0 Å². The smallest absolute Gasteiger partial charge is 0.258 e. The first-order valence-electron chi connectivity index (χ1n) is 4.97. The monoisotopic (exact) mass is 261 g/mol. The number of rotatable bonds is 6. The highest BCUT2D eigenvalue weighted by Crippen LogP contribution is 2.20. The van der Waals surface area contributed by atoms with Crippen molar-refractivity contribution in [2.24, 2.45) is 0 Å². The first kappa shape index (κ1) is 13.7. The number of carbonyl (C=O) groups excluding carboxylic acids is 1. The molecular formula is C11H13ClFNO3. The van der Waals surface area contributed by atoms with Gasteiger partial charge in [0.1, 0.15) is 11.6 Å². The van der Waals surface area contributed by atoms with Gasteiger partial charge in [-0.15, -0.1) is 0 Å². The van der Waals surface area contributed by atoms with Crippen LogP contribution in [0.15, 0.2) is 18.2 Å². The van der Waals surface area contributed by atoms with Crippen molar-refractivity contribution in [3.8, 4) is 5.75 Å². The van der Waals surface area contributed by atoms with Crippen LogP contribution in [0, 0.1) is 5.82 Å². The van der Waals surface area contributed by atoms with Crippen LogP contribution in [0.4, 0.5) is 4.39 Å². The van der Waals surface area contributed by atoms with Crippen LogP contribution in [0.2, 0.25) is 5.02 Å². The lowest BCUT2D eigenvalue weighted by molar-refractivity contribution is -0.123.